The van der Waals surface area contributed by atoms with Crippen LogP contribution >= 0.6 is 0 Å². The Balaban J connectivity index is 1.42. The van der Waals surface area contributed by atoms with Crippen LogP contribution in [0, 0.1) is 38.7 Å². The van der Waals surface area contributed by atoms with Crippen molar-refractivity contribution in [1.82, 2.24) is 0 Å². The van der Waals surface area contributed by atoms with Crippen molar-refractivity contribution in [2.45, 2.75) is 71.2 Å². The molecule has 3 fully saturated rings. The maximum Gasteiger partial charge on any atom is 0.509 e. The van der Waals surface area contributed by atoms with Crippen molar-refractivity contribution in [2.24, 2.45) is 28.6 Å². The topological polar surface area (TPSA) is 169 Å². The summed E-state index contributed by atoms with van der Waals surface area (Å²) in [6.45, 7) is 4.31. The van der Waals surface area contributed by atoms with Crippen molar-refractivity contribution in [3.8, 4) is 0 Å². The lowest BCUT2D eigenvalue weighted by atomic mass is 9.46. The summed E-state index contributed by atoms with van der Waals surface area (Å²) in [6.07, 6.45) is 5.41. The molecule has 5 rings (SSSR count). The highest BCUT2D eigenvalue weighted by Crippen LogP contribution is 2.68. The van der Waals surface area contributed by atoms with Gasteiger partial charge in [-0.2, -0.15) is 0 Å². The number of rotatable bonds is 9. The zero-order chi connectivity index (χ0) is 31.9. The fraction of sp³-hybridized carbons (Fsp3) is 0.562. The highest BCUT2D eigenvalue weighted by atomic mass is 16.9. The minimum atomic E-state index is -1.74. The number of esters is 1. The van der Waals surface area contributed by atoms with Crippen LogP contribution in [0.2, 0.25) is 0 Å². The lowest BCUT2D eigenvalue weighted by Gasteiger charge is -2.59. The summed E-state index contributed by atoms with van der Waals surface area (Å²) in [4.78, 5) is 67.2. The molecular weight excluding hydrogens is 574 g/mol. The Hall–Kier alpha value is -4.06. The second-order valence-electron chi connectivity index (χ2n) is 12.5. The van der Waals surface area contributed by atoms with Crippen LogP contribution < -0.4 is 0 Å². The van der Waals surface area contributed by atoms with Gasteiger partial charge in [0.25, 0.3) is 5.09 Å². The van der Waals surface area contributed by atoms with E-state index < -0.39 is 58.7 Å². The van der Waals surface area contributed by atoms with E-state index in [0.717, 1.165) is 5.57 Å². The van der Waals surface area contributed by atoms with Crippen molar-refractivity contribution in [1.29, 1.82) is 0 Å². The van der Waals surface area contributed by atoms with Crippen LogP contribution in [0.15, 0.2) is 48.1 Å². The van der Waals surface area contributed by atoms with E-state index in [1.807, 2.05) is 19.9 Å². The van der Waals surface area contributed by atoms with E-state index in [1.54, 1.807) is 31.2 Å². The predicted octanol–water partition coefficient (Wildman–Crippen LogP) is 4.31. The van der Waals surface area contributed by atoms with Crippen LogP contribution in [0.3, 0.4) is 0 Å². The molecule has 3 saturated carbocycles. The zero-order valence-electron chi connectivity index (χ0n) is 25.0. The molecule has 1 N–H and O–H groups in total. The molecule has 0 aliphatic heterocycles. The molecule has 0 spiro atoms. The van der Waals surface area contributed by atoms with Crippen molar-refractivity contribution in [3.63, 3.8) is 0 Å². The third kappa shape index (κ3) is 5.18. The molecule has 44 heavy (non-hydrogen) atoms. The number of aliphatic hydroxyl groups excluding tert-OH is 1. The van der Waals surface area contributed by atoms with E-state index in [-0.39, 0.29) is 54.1 Å². The molecule has 4 aliphatic carbocycles. The molecule has 0 heterocycles. The number of hydrogen-bond acceptors (Lipinski definition) is 11. The van der Waals surface area contributed by atoms with Gasteiger partial charge in [0.2, 0.25) is 5.78 Å². The molecule has 7 atom stereocenters. The fourth-order valence-electron chi connectivity index (χ4n) is 8.58. The molecule has 3 unspecified atom stereocenters. The Bertz CT molecular complexity index is 1430. The predicted molar refractivity (Wildman–Crippen MR) is 152 cm³/mol. The van der Waals surface area contributed by atoms with Gasteiger partial charge in [0.05, 0.1) is 18.3 Å². The minimum absolute atomic E-state index is 0.00715. The van der Waals surface area contributed by atoms with Crippen molar-refractivity contribution < 1.29 is 48.4 Å². The fourth-order valence-corrected chi connectivity index (χ4v) is 8.58. The number of benzene rings is 1. The zero-order valence-corrected chi connectivity index (χ0v) is 25.0. The average Bonchev–Trinajstić information content (AvgIpc) is 3.26. The van der Waals surface area contributed by atoms with E-state index in [9.17, 15) is 34.4 Å². The summed E-state index contributed by atoms with van der Waals surface area (Å²) in [5.41, 5.74) is -2.07. The molecule has 236 valence electrons. The third-order valence-corrected chi connectivity index (χ3v) is 10.5. The number of nitrogens with zero attached hydrogens (tertiary/aromatic N) is 1. The van der Waals surface area contributed by atoms with Gasteiger partial charge in [0, 0.05) is 16.7 Å². The van der Waals surface area contributed by atoms with Crippen LogP contribution in [0.4, 0.5) is 4.79 Å². The van der Waals surface area contributed by atoms with Crippen LogP contribution in [0.25, 0.3) is 0 Å². The number of carbonyl (C=O) groups is 4. The second kappa shape index (κ2) is 11.8. The van der Waals surface area contributed by atoms with E-state index in [2.05, 4.69) is 4.84 Å². The Kier molecular flexibility index (Phi) is 8.41. The van der Waals surface area contributed by atoms with Gasteiger partial charge in [0.15, 0.2) is 18.0 Å². The lowest BCUT2D eigenvalue weighted by Crippen LogP contribution is -2.63. The molecule has 0 saturated heterocycles. The normalized spacial score (nSPS) is 33.6. The first-order valence-electron chi connectivity index (χ1n) is 14.9. The maximum atomic E-state index is 14.1. The Morgan fingerprint density at radius 2 is 1.89 bits per heavy atom. The summed E-state index contributed by atoms with van der Waals surface area (Å²) in [5.74, 6) is -1.95. The molecule has 0 bridgehead atoms. The molecular formula is C32H37NO11. The monoisotopic (exact) mass is 611 g/mol. The molecule has 1 aromatic carbocycles. The number of allylic oxidation sites excluding steroid dienone is 4. The van der Waals surface area contributed by atoms with E-state index >= 15 is 0 Å². The van der Waals surface area contributed by atoms with Gasteiger partial charge < -0.3 is 24.2 Å². The maximum absolute atomic E-state index is 14.1. The summed E-state index contributed by atoms with van der Waals surface area (Å²) in [6, 6.07) is 6.00. The van der Waals surface area contributed by atoms with Gasteiger partial charge in [-0.05, 0) is 74.6 Å². The highest BCUT2D eigenvalue weighted by Gasteiger charge is 2.70. The number of ether oxygens (including phenoxy) is 3. The smallest absolute Gasteiger partial charge is 0.454 e. The number of fused-ring (bicyclic) bond motifs is 5. The number of aliphatic hydroxyl groups is 1. The Morgan fingerprint density at radius 3 is 2.61 bits per heavy atom. The Labute approximate surface area is 254 Å². The average molecular weight is 612 g/mol. The summed E-state index contributed by atoms with van der Waals surface area (Å²) >= 11 is 0. The Morgan fingerprint density at radius 1 is 1.14 bits per heavy atom. The first kappa shape index (κ1) is 31.4. The van der Waals surface area contributed by atoms with Gasteiger partial charge in [-0.25, -0.2) is 9.59 Å². The molecule has 12 heteroatoms. The van der Waals surface area contributed by atoms with Crippen LogP contribution in [0.5, 0.6) is 0 Å². The number of Topliss-reactive ketones (excluding diaryl/α,β-unsaturated/α-hetero) is 1. The largest absolute Gasteiger partial charge is 0.509 e. The van der Waals surface area contributed by atoms with Crippen molar-refractivity contribution in [3.05, 3.63) is 69.3 Å². The number of carbonyl (C=O) groups excluding carboxylic acids is 4. The molecule has 0 amide bonds. The molecule has 0 aromatic heterocycles. The number of ketones is 2. The van der Waals surface area contributed by atoms with E-state index in [0.29, 0.717) is 19.3 Å². The van der Waals surface area contributed by atoms with Gasteiger partial charge in [-0.15, -0.1) is 10.1 Å². The molecule has 1 aromatic rings. The van der Waals surface area contributed by atoms with E-state index in [4.69, 9.17) is 14.2 Å². The highest BCUT2D eigenvalue weighted by molar-refractivity contribution is 6.01. The van der Waals surface area contributed by atoms with Crippen molar-refractivity contribution in [2.75, 3.05) is 13.2 Å². The molecule has 12 nitrogen and oxygen atoms in total. The third-order valence-electron chi connectivity index (χ3n) is 10.5. The van der Waals surface area contributed by atoms with E-state index in [1.165, 1.54) is 12.1 Å². The SMILES string of the molecule is CCOC(=O)O[C@]1(C(=O)COC(=O)c2ccccc2CO[N+](=O)[O-])CCC2C3CCC4=CC(=O)C=C[C@]4(C)C3[C@@H](O)C[C@@]21C. The van der Waals surface area contributed by atoms with Crippen LogP contribution in [0.1, 0.15) is 68.8 Å². The van der Waals surface area contributed by atoms with Crippen molar-refractivity contribution >= 4 is 23.7 Å². The number of hydrogen-bond donors (Lipinski definition) is 1. The standard InChI is InChI=1S/C32H37NO11/c1-4-41-29(38)44-32(26(36)18-42-28(37)22-8-6-5-7-19(22)17-43-33(39)40)14-12-24-23-10-9-20-15-21(34)11-13-30(20,2)27(23)25(35)16-31(24,32)3/h5-8,11,13,15,23-25,27,35H,4,9-10,12,14,16-18H2,1-3H3/t23?,24?,25-,27?,30-,31-,32-/m0/s1. The lowest BCUT2D eigenvalue weighted by molar-refractivity contribution is -0.763. The summed E-state index contributed by atoms with van der Waals surface area (Å²) in [5, 5.41) is 21.5. The molecule has 0 radical (unpaired) electrons. The first-order chi connectivity index (χ1) is 20.9. The van der Waals surface area contributed by atoms with Gasteiger partial charge in [-0.1, -0.05) is 43.7 Å². The summed E-state index contributed by atoms with van der Waals surface area (Å²) in [7, 11) is 0. The minimum Gasteiger partial charge on any atom is -0.454 e. The second-order valence-corrected chi connectivity index (χ2v) is 12.5. The summed E-state index contributed by atoms with van der Waals surface area (Å²) < 4.78 is 16.4. The van der Waals surface area contributed by atoms with Gasteiger partial charge >= 0.3 is 12.1 Å². The van der Waals surface area contributed by atoms with Crippen LogP contribution in [-0.4, -0.2) is 58.8 Å². The quantitative estimate of drug-likeness (QED) is 0.240. The molecule has 4 aliphatic rings. The van der Waals surface area contributed by atoms with Crippen LogP contribution in [-0.2, 0) is 35.2 Å². The van der Waals surface area contributed by atoms with Gasteiger partial charge in [-0.3, -0.25) is 9.59 Å². The van der Waals surface area contributed by atoms with Gasteiger partial charge in [0.1, 0.15) is 6.61 Å². The first-order valence-corrected chi connectivity index (χ1v) is 14.9.